The monoisotopic (exact) mass is 306 g/mol. The molecule has 120 valence electrons. The molecule has 0 aliphatic heterocycles. The van der Waals surface area contributed by atoms with Gasteiger partial charge in [0.15, 0.2) is 0 Å². The Bertz CT molecular complexity index is 769. The van der Waals surface area contributed by atoms with Gasteiger partial charge in [-0.05, 0) is 63.7 Å². The Balaban J connectivity index is 1.91. The number of rotatable bonds is 6. The van der Waals surface area contributed by atoms with Crippen LogP contribution in [0, 0.1) is 6.92 Å². The van der Waals surface area contributed by atoms with Crippen LogP contribution in [0.1, 0.15) is 23.1 Å². The summed E-state index contributed by atoms with van der Waals surface area (Å²) in [6, 6.07) is 17.5. The number of hydrogen-bond acceptors (Lipinski definition) is 1. The van der Waals surface area contributed by atoms with Crippen LogP contribution < -0.4 is 0 Å². The average molecular weight is 306 g/mol. The molecule has 0 aliphatic rings. The normalized spacial score (nSPS) is 11.5. The molecule has 0 N–H and O–H groups in total. The van der Waals surface area contributed by atoms with Crippen LogP contribution >= 0.6 is 0 Å². The number of fused-ring (bicyclic) bond motifs is 1. The molecule has 3 aromatic rings. The molecule has 3 rings (SSSR count). The van der Waals surface area contributed by atoms with E-state index < -0.39 is 0 Å². The van der Waals surface area contributed by atoms with E-state index in [-0.39, 0.29) is 0 Å². The molecule has 0 saturated carbocycles. The van der Waals surface area contributed by atoms with E-state index in [2.05, 4.69) is 85.2 Å². The molecule has 1 heterocycles. The molecule has 0 fully saturated rings. The molecule has 2 nitrogen and oxygen atoms in total. The van der Waals surface area contributed by atoms with Gasteiger partial charge in [-0.25, -0.2) is 0 Å². The van der Waals surface area contributed by atoms with Crippen molar-refractivity contribution in [3.05, 3.63) is 71.4 Å². The van der Waals surface area contributed by atoms with Crippen molar-refractivity contribution in [3.8, 4) is 0 Å². The third kappa shape index (κ3) is 3.83. The van der Waals surface area contributed by atoms with Crippen LogP contribution in [-0.4, -0.2) is 30.1 Å². The second kappa shape index (κ2) is 7.01. The largest absolute Gasteiger partial charge is 0.343 e. The third-order valence-corrected chi connectivity index (χ3v) is 4.37. The predicted octanol–water partition coefficient (Wildman–Crippen LogP) is 4.49. The second-order valence-electron chi connectivity index (χ2n) is 6.70. The maximum atomic E-state index is 2.40. The van der Waals surface area contributed by atoms with E-state index in [1.165, 1.54) is 34.0 Å². The number of hydrogen-bond donors (Lipinski definition) is 0. The van der Waals surface area contributed by atoms with Crippen molar-refractivity contribution in [2.75, 3.05) is 20.6 Å². The lowest BCUT2D eigenvalue weighted by atomic mass is 10.1. The van der Waals surface area contributed by atoms with Crippen LogP contribution in [0.4, 0.5) is 0 Å². The summed E-state index contributed by atoms with van der Waals surface area (Å²) in [4.78, 5) is 2.26. The molecule has 0 aliphatic carbocycles. The zero-order valence-corrected chi connectivity index (χ0v) is 14.4. The van der Waals surface area contributed by atoms with Gasteiger partial charge in [0.1, 0.15) is 0 Å². The van der Waals surface area contributed by atoms with Gasteiger partial charge in [0, 0.05) is 23.6 Å². The first kappa shape index (κ1) is 15.8. The Kier molecular flexibility index (Phi) is 4.82. The Labute approximate surface area is 139 Å². The average Bonchev–Trinajstić information content (AvgIpc) is 2.85. The highest BCUT2D eigenvalue weighted by Crippen LogP contribution is 2.25. The highest BCUT2D eigenvalue weighted by molar-refractivity contribution is 5.84. The zero-order chi connectivity index (χ0) is 16.2. The fourth-order valence-corrected chi connectivity index (χ4v) is 3.18. The Morgan fingerprint density at radius 2 is 1.78 bits per heavy atom. The fraction of sp³-hybridized carbons (Fsp3) is 0.333. The minimum Gasteiger partial charge on any atom is -0.343 e. The topological polar surface area (TPSA) is 8.17 Å². The van der Waals surface area contributed by atoms with Gasteiger partial charge in [-0.15, -0.1) is 0 Å². The van der Waals surface area contributed by atoms with E-state index >= 15 is 0 Å². The van der Waals surface area contributed by atoms with Crippen molar-refractivity contribution in [2.24, 2.45) is 0 Å². The third-order valence-electron chi connectivity index (χ3n) is 4.37. The summed E-state index contributed by atoms with van der Waals surface area (Å²) in [5.74, 6) is 0. The van der Waals surface area contributed by atoms with Crippen molar-refractivity contribution in [1.82, 2.24) is 9.47 Å². The molecular weight excluding hydrogens is 280 g/mol. The van der Waals surface area contributed by atoms with E-state index in [1.807, 2.05) is 0 Å². The Hall–Kier alpha value is -2.06. The lowest BCUT2D eigenvalue weighted by Gasteiger charge is -2.08. The van der Waals surface area contributed by atoms with Gasteiger partial charge < -0.3 is 9.47 Å². The standard InChI is InChI=1S/C21H26N2/c1-17-11-12-21-20(14-17)19(10-7-13-22(2)3)16-23(21)15-18-8-5-4-6-9-18/h4-6,8-9,11-12,14,16H,7,10,13,15H2,1-3H3. The summed E-state index contributed by atoms with van der Waals surface area (Å²) in [5.41, 5.74) is 5.51. The van der Waals surface area contributed by atoms with E-state index in [0.717, 1.165) is 19.5 Å². The van der Waals surface area contributed by atoms with Crippen molar-refractivity contribution >= 4 is 10.9 Å². The highest BCUT2D eigenvalue weighted by atomic mass is 15.0. The van der Waals surface area contributed by atoms with Gasteiger partial charge in [0.05, 0.1) is 0 Å². The number of nitrogens with zero attached hydrogens (tertiary/aromatic N) is 2. The maximum absolute atomic E-state index is 2.40. The molecule has 0 unspecified atom stereocenters. The molecule has 0 bridgehead atoms. The minimum absolute atomic E-state index is 0.939. The van der Waals surface area contributed by atoms with Crippen molar-refractivity contribution in [3.63, 3.8) is 0 Å². The van der Waals surface area contributed by atoms with E-state index in [4.69, 9.17) is 0 Å². The SMILES string of the molecule is Cc1ccc2c(c1)c(CCCN(C)C)cn2Cc1ccccc1. The number of aromatic nitrogens is 1. The van der Waals surface area contributed by atoms with Crippen LogP contribution in [-0.2, 0) is 13.0 Å². The maximum Gasteiger partial charge on any atom is 0.0486 e. The van der Waals surface area contributed by atoms with Gasteiger partial charge in [-0.3, -0.25) is 0 Å². The molecule has 0 amide bonds. The summed E-state index contributed by atoms with van der Waals surface area (Å²) in [5, 5.41) is 1.42. The lowest BCUT2D eigenvalue weighted by Crippen LogP contribution is -2.13. The molecule has 23 heavy (non-hydrogen) atoms. The summed E-state index contributed by atoms with van der Waals surface area (Å²) in [7, 11) is 4.28. The Morgan fingerprint density at radius 1 is 1.00 bits per heavy atom. The van der Waals surface area contributed by atoms with Gasteiger partial charge in [0.25, 0.3) is 0 Å². The van der Waals surface area contributed by atoms with Gasteiger partial charge in [-0.2, -0.15) is 0 Å². The molecular formula is C21H26N2. The summed E-state index contributed by atoms with van der Waals surface area (Å²) < 4.78 is 2.40. The quantitative estimate of drug-likeness (QED) is 0.651. The van der Waals surface area contributed by atoms with Crippen LogP contribution in [0.5, 0.6) is 0 Å². The summed E-state index contributed by atoms with van der Waals surface area (Å²) in [6.07, 6.45) is 4.69. The molecule has 1 aromatic heterocycles. The first-order valence-electron chi connectivity index (χ1n) is 8.40. The first-order valence-corrected chi connectivity index (χ1v) is 8.40. The molecule has 0 atom stereocenters. The van der Waals surface area contributed by atoms with Gasteiger partial charge >= 0.3 is 0 Å². The van der Waals surface area contributed by atoms with Crippen LogP contribution in [0.3, 0.4) is 0 Å². The molecule has 2 aromatic carbocycles. The number of aryl methyl sites for hydroxylation is 2. The fourth-order valence-electron chi connectivity index (χ4n) is 3.18. The lowest BCUT2D eigenvalue weighted by molar-refractivity contribution is 0.400. The van der Waals surface area contributed by atoms with E-state index in [9.17, 15) is 0 Å². The van der Waals surface area contributed by atoms with E-state index in [1.54, 1.807) is 0 Å². The van der Waals surface area contributed by atoms with Crippen LogP contribution in [0.25, 0.3) is 10.9 Å². The predicted molar refractivity (Wildman–Crippen MR) is 99.1 cm³/mol. The van der Waals surface area contributed by atoms with Crippen LogP contribution in [0.2, 0.25) is 0 Å². The van der Waals surface area contributed by atoms with Crippen LogP contribution in [0.15, 0.2) is 54.7 Å². The zero-order valence-electron chi connectivity index (χ0n) is 14.4. The van der Waals surface area contributed by atoms with Gasteiger partial charge in [-0.1, -0.05) is 42.0 Å². The summed E-state index contributed by atoms with van der Waals surface area (Å²) >= 11 is 0. The van der Waals surface area contributed by atoms with Crippen molar-refractivity contribution < 1.29 is 0 Å². The van der Waals surface area contributed by atoms with Gasteiger partial charge in [0.2, 0.25) is 0 Å². The summed E-state index contributed by atoms with van der Waals surface area (Å²) in [6.45, 7) is 4.25. The molecule has 2 heteroatoms. The minimum atomic E-state index is 0.939. The first-order chi connectivity index (χ1) is 11.1. The Morgan fingerprint density at radius 3 is 2.52 bits per heavy atom. The van der Waals surface area contributed by atoms with E-state index in [0.29, 0.717) is 0 Å². The van der Waals surface area contributed by atoms with Crippen molar-refractivity contribution in [2.45, 2.75) is 26.3 Å². The number of benzene rings is 2. The van der Waals surface area contributed by atoms with Crippen molar-refractivity contribution in [1.29, 1.82) is 0 Å². The smallest absolute Gasteiger partial charge is 0.0486 e. The molecule has 0 saturated heterocycles. The second-order valence-corrected chi connectivity index (χ2v) is 6.70. The highest BCUT2D eigenvalue weighted by Gasteiger charge is 2.09. The molecule has 0 spiro atoms. The molecule has 0 radical (unpaired) electrons.